The van der Waals surface area contributed by atoms with Crippen molar-refractivity contribution in [1.82, 2.24) is 5.32 Å². The summed E-state index contributed by atoms with van der Waals surface area (Å²) in [4.78, 5) is 0. The maximum Gasteiger partial charge on any atom is 0.00228 e. The summed E-state index contributed by atoms with van der Waals surface area (Å²) in [7, 11) is 0. The van der Waals surface area contributed by atoms with Gasteiger partial charge in [-0.25, -0.2) is 0 Å². The van der Waals surface area contributed by atoms with Crippen molar-refractivity contribution in [3.63, 3.8) is 0 Å². The maximum atomic E-state index is 3.67. The Kier molecular flexibility index (Phi) is 6.09. The minimum Gasteiger partial charge on any atom is -0.316 e. The molecule has 20 heavy (non-hydrogen) atoms. The second kappa shape index (κ2) is 7.83. The summed E-state index contributed by atoms with van der Waals surface area (Å²) in [6.07, 6.45) is 8.37. The molecule has 0 spiro atoms. The molecule has 0 radical (unpaired) electrons. The van der Waals surface area contributed by atoms with Gasteiger partial charge in [-0.05, 0) is 68.2 Å². The first kappa shape index (κ1) is 15.6. The molecule has 112 valence electrons. The van der Waals surface area contributed by atoms with E-state index < -0.39 is 0 Å². The minimum absolute atomic E-state index is 0.709. The number of hydrogen-bond donors (Lipinski definition) is 1. The predicted octanol–water partition coefficient (Wildman–Crippen LogP) is 4.97. The quantitative estimate of drug-likeness (QED) is 0.722. The van der Waals surface area contributed by atoms with Crippen LogP contribution in [0.5, 0.6) is 0 Å². The van der Waals surface area contributed by atoms with Crippen molar-refractivity contribution in [2.24, 2.45) is 5.92 Å². The van der Waals surface area contributed by atoms with E-state index in [0.717, 1.165) is 19.0 Å². The van der Waals surface area contributed by atoms with Gasteiger partial charge in [-0.3, -0.25) is 0 Å². The van der Waals surface area contributed by atoms with E-state index in [1.165, 1.54) is 49.7 Å². The molecule has 1 atom stereocenters. The third-order valence-electron chi connectivity index (χ3n) is 4.97. The largest absolute Gasteiger partial charge is 0.316 e. The van der Waals surface area contributed by atoms with Crippen molar-refractivity contribution in [2.75, 3.05) is 13.1 Å². The molecule has 1 saturated carbocycles. The lowest BCUT2D eigenvalue weighted by atomic mass is 9.76. The lowest BCUT2D eigenvalue weighted by Gasteiger charge is -2.31. The molecule has 1 aliphatic carbocycles. The average Bonchev–Trinajstić information content (AvgIpc) is 2.48. The monoisotopic (exact) mass is 273 g/mol. The fraction of sp³-hybridized carbons (Fsp3) is 0.684. The second-order valence-corrected chi connectivity index (χ2v) is 6.55. The van der Waals surface area contributed by atoms with Crippen LogP contribution in [-0.4, -0.2) is 13.1 Å². The van der Waals surface area contributed by atoms with Crippen molar-refractivity contribution < 1.29 is 0 Å². The zero-order chi connectivity index (χ0) is 14.4. The molecular formula is C19H31N. The van der Waals surface area contributed by atoms with Crippen molar-refractivity contribution in [3.05, 3.63) is 34.9 Å². The summed E-state index contributed by atoms with van der Waals surface area (Å²) in [6.45, 7) is 9.01. The Balaban J connectivity index is 2.12. The van der Waals surface area contributed by atoms with Gasteiger partial charge in [0.15, 0.2) is 0 Å². The zero-order valence-corrected chi connectivity index (χ0v) is 13.5. The van der Waals surface area contributed by atoms with E-state index in [9.17, 15) is 0 Å². The van der Waals surface area contributed by atoms with Crippen molar-refractivity contribution in [3.8, 4) is 0 Å². The average molecular weight is 273 g/mol. The highest BCUT2D eigenvalue weighted by molar-refractivity contribution is 5.32. The van der Waals surface area contributed by atoms with E-state index in [0.29, 0.717) is 5.92 Å². The molecule has 0 amide bonds. The highest BCUT2D eigenvalue weighted by Gasteiger charge is 2.24. The molecule has 0 bridgehead atoms. The Labute approximate surface area is 125 Å². The van der Waals surface area contributed by atoms with E-state index in [-0.39, 0.29) is 0 Å². The molecule has 0 aliphatic heterocycles. The van der Waals surface area contributed by atoms with Crippen LogP contribution in [0.3, 0.4) is 0 Å². The van der Waals surface area contributed by atoms with Gasteiger partial charge in [-0.15, -0.1) is 0 Å². The third-order valence-corrected chi connectivity index (χ3v) is 4.97. The second-order valence-electron chi connectivity index (χ2n) is 6.55. The highest BCUT2D eigenvalue weighted by atomic mass is 14.9. The molecule has 1 aliphatic rings. The van der Waals surface area contributed by atoms with Gasteiger partial charge in [-0.2, -0.15) is 0 Å². The van der Waals surface area contributed by atoms with Crippen LogP contribution in [0.15, 0.2) is 18.2 Å². The molecule has 1 fully saturated rings. The molecule has 1 N–H and O–H groups in total. The van der Waals surface area contributed by atoms with Crippen LogP contribution < -0.4 is 5.32 Å². The van der Waals surface area contributed by atoms with Crippen LogP contribution in [0, 0.1) is 19.8 Å². The predicted molar refractivity (Wildman–Crippen MR) is 88.4 cm³/mol. The fourth-order valence-electron chi connectivity index (χ4n) is 3.52. The van der Waals surface area contributed by atoms with E-state index in [2.05, 4.69) is 44.3 Å². The Bertz CT molecular complexity index is 404. The number of hydrogen-bond acceptors (Lipinski definition) is 1. The molecule has 0 heterocycles. The van der Waals surface area contributed by atoms with Gasteiger partial charge in [0.25, 0.3) is 0 Å². The smallest absolute Gasteiger partial charge is 0.00228 e. The van der Waals surface area contributed by atoms with E-state index in [4.69, 9.17) is 0 Å². The molecule has 1 aromatic carbocycles. The van der Waals surface area contributed by atoms with Gasteiger partial charge < -0.3 is 5.32 Å². The van der Waals surface area contributed by atoms with Gasteiger partial charge in [0.05, 0.1) is 0 Å². The summed E-state index contributed by atoms with van der Waals surface area (Å²) in [5.74, 6) is 1.59. The van der Waals surface area contributed by atoms with Crippen LogP contribution in [0.25, 0.3) is 0 Å². The number of rotatable bonds is 6. The van der Waals surface area contributed by atoms with Gasteiger partial charge in [0.2, 0.25) is 0 Å². The van der Waals surface area contributed by atoms with Gasteiger partial charge in [0.1, 0.15) is 0 Å². The Morgan fingerprint density at radius 1 is 1.10 bits per heavy atom. The molecular weight excluding hydrogens is 242 g/mol. The molecule has 0 aromatic heterocycles. The zero-order valence-electron chi connectivity index (χ0n) is 13.5. The highest BCUT2D eigenvalue weighted by Crippen LogP contribution is 2.36. The first-order chi connectivity index (χ1) is 9.72. The normalized spacial score (nSPS) is 18.1. The van der Waals surface area contributed by atoms with Gasteiger partial charge in [-0.1, -0.05) is 44.4 Å². The Hall–Kier alpha value is -0.820. The van der Waals surface area contributed by atoms with Crippen LogP contribution in [0.1, 0.15) is 68.1 Å². The topological polar surface area (TPSA) is 12.0 Å². The van der Waals surface area contributed by atoms with Crippen LogP contribution in [-0.2, 0) is 0 Å². The summed E-state index contributed by atoms with van der Waals surface area (Å²) in [5, 5.41) is 3.67. The molecule has 2 rings (SSSR count). The first-order valence-corrected chi connectivity index (χ1v) is 8.50. The summed E-state index contributed by atoms with van der Waals surface area (Å²) in [5.41, 5.74) is 4.42. The lowest BCUT2D eigenvalue weighted by Crippen LogP contribution is -2.28. The number of benzene rings is 1. The van der Waals surface area contributed by atoms with E-state index >= 15 is 0 Å². The lowest BCUT2D eigenvalue weighted by molar-refractivity contribution is 0.297. The molecule has 1 aromatic rings. The van der Waals surface area contributed by atoms with Gasteiger partial charge >= 0.3 is 0 Å². The maximum absolute atomic E-state index is 3.67. The number of aryl methyl sites for hydroxylation is 2. The van der Waals surface area contributed by atoms with Crippen LogP contribution in [0.4, 0.5) is 0 Å². The molecule has 1 unspecified atom stereocenters. The third kappa shape index (κ3) is 4.09. The summed E-state index contributed by atoms with van der Waals surface area (Å²) < 4.78 is 0. The Morgan fingerprint density at radius 2 is 1.85 bits per heavy atom. The summed E-state index contributed by atoms with van der Waals surface area (Å²) >= 11 is 0. The van der Waals surface area contributed by atoms with Crippen molar-refractivity contribution in [1.29, 1.82) is 0 Å². The molecule has 1 heteroatoms. The van der Waals surface area contributed by atoms with Crippen molar-refractivity contribution in [2.45, 2.75) is 65.2 Å². The number of nitrogens with one attached hydrogen (secondary N) is 1. The fourth-order valence-corrected chi connectivity index (χ4v) is 3.52. The van der Waals surface area contributed by atoms with Crippen LogP contribution >= 0.6 is 0 Å². The van der Waals surface area contributed by atoms with E-state index in [1.807, 2.05) is 0 Å². The molecule has 1 nitrogen and oxygen atoms in total. The Morgan fingerprint density at radius 3 is 2.50 bits per heavy atom. The SMILES string of the molecule is CCCNCC(c1ccc(C)c(C)c1)C1CCCCC1. The van der Waals surface area contributed by atoms with Crippen LogP contribution in [0.2, 0.25) is 0 Å². The van der Waals surface area contributed by atoms with Crippen molar-refractivity contribution >= 4 is 0 Å². The minimum atomic E-state index is 0.709. The van der Waals surface area contributed by atoms with Gasteiger partial charge in [0, 0.05) is 6.54 Å². The van der Waals surface area contributed by atoms with E-state index in [1.54, 1.807) is 5.56 Å². The first-order valence-electron chi connectivity index (χ1n) is 8.50. The molecule has 0 saturated heterocycles. The summed E-state index contributed by atoms with van der Waals surface area (Å²) in [6, 6.07) is 7.11. The standard InChI is InChI=1S/C19H31N/c1-4-12-20-14-19(17-8-6-5-7-9-17)18-11-10-15(2)16(3)13-18/h10-11,13,17,19-20H,4-9,12,14H2,1-3H3.